The molecule has 0 aromatic heterocycles. The van der Waals surface area contributed by atoms with E-state index >= 15 is 0 Å². The Balaban J connectivity index is 1.44. The Morgan fingerprint density at radius 3 is 2.47 bits per heavy atom. The molecule has 2 fully saturated rings. The molecule has 1 aromatic rings. The summed E-state index contributed by atoms with van der Waals surface area (Å²) in [5.41, 5.74) is 0.854. The SMILES string of the molecule is Cc1ccc(S(=O)(=O)N2C=CNC(=O)[C@H]2CC(=O)N[C@@H]2CC[C@H](N3CCCC3)CC2(C)C)cc1. The Kier molecular flexibility index (Phi) is 7.05. The molecule has 1 saturated carbocycles. The van der Waals surface area contributed by atoms with Crippen LogP contribution in [0.25, 0.3) is 0 Å². The number of amides is 2. The molecule has 3 aliphatic rings. The predicted octanol–water partition coefficient (Wildman–Crippen LogP) is 2.50. The number of nitrogens with one attached hydrogen (secondary N) is 2. The summed E-state index contributed by atoms with van der Waals surface area (Å²) >= 11 is 0. The Hall–Kier alpha value is -2.39. The average Bonchev–Trinajstić information content (AvgIpc) is 3.31. The standard InChI is InChI=1S/C25H36N4O4S/c1-18-6-9-20(10-7-18)34(32,33)29-15-12-26-24(31)21(29)16-23(30)27-22-11-8-19(17-25(22,2)3)28-13-4-5-14-28/h6-7,9-10,12,15,19,21-22H,4-5,8,11,13-14,16-17H2,1-3H3,(H,26,31)(H,27,30)/t19-,21+,22+/m0/s1. The molecule has 8 nitrogen and oxygen atoms in total. The normalized spacial score (nSPS) is 27.4. The smallest absolute Gasteiger partial charge is 0.264 e. The lowest BCUT2D eigenvalue weighted by atomic mass is 9.70. The number of rotatable bonds is 6. The Bertz CT molecular complexity index is 1050. The summed E-state index contributed by atoms with van der Waals surface area (Å²) in [5, 5.41) is 5.67. The zero-order chi connectivity index (χ0) is 24.5. The number of hydrogen-bond acceptors (Lipinski definition) is 5. The van der Waals surface area contributed by atoms with Crippen molar-refractivity contribution in [1.29, 1.82) is 0 Å². The fourth-order valence-electron chi connectivity index (χ4n) is 5.49. The molecule has 2 heterocycles. The lowest BCUT2D eigenvalue weighted by Gasteiger charge is -2.45. The fourth-order valence-corrected chi connectivity index (χ4v) is 6.94. The Labute approximate surface area is 202 Å². The van der Waals surface area contributed by atoms with Crippen LogP contribution in [0, 0.1) is 12.3 Å². The highest BCUT2D eigenvalue weighted by Crippen LogP contribution is 2.39. The van der Waals surface area contributed by atoms with E-state index < -0.39 is 22.0 Å². The second-order valence-corrected chi connectivity index (χ2v) is 12.3. The fraction of sp³-hybridized carbons (Fsp3) is 0.600. The van der Waals surface area contributed by atoms with E-state index in [4.69, 9.17) is 0 Å². The molecule has 2 aliphatic heterocycles. The number of benzene rings is 1. The number of aryl methyl sites for hydroxylation is 1. The van der Waals surface area contributed by atoms with Crippen LogP contribution >= 0.6 is 0 Å². The summed E-state index contributed by atoms with van der Waals surface area (Å²) in [6.07, 6.45) is 7.83. The van der Waals surface area contributed by atoms with E-state index in [9.17, 15) is 18.0 Å². The van der Waals surface area contributed by atoms with Gasteiger partial charge in [-0.15, -0.1) is 0 Å². The van der Waals surface area contributed by atoms with Gasteiger partial charge in [0.05, 0.1) is 11.3 Å². The molecule has 0 spiro atoms. The first-order valence-electron chi connectivity index (χ1n) is 12.2. The van der Waals surface area contributed by atoms with Crippen molar-refractivity contribution < 1.29 is 18.0 Å². The Morgan fingerprint density at radius 2 is 1.82 bits per heavy atom. The van der Waals surface area contributed by atoms with Gasteiger partial charge in [-0.05, 0) is 69.7 Å². The number of nitrogens with zero attached hydrogens (tertiary/aromatic N) is 2. The van der Waals surface area contributed by atoms with Crippen molar-refractivity contribution in [2.75, 3.05) is 13.1 Å². The van der Waals surface area contributed by atoms with E-state index in [-0.39, 0.29) is 28.7 Å². The molecule has 2 amide bonds. The van der Waals surface area contributed by atoms with Crippen LogP contribution in [0.5, 0.6) is 0 Å². The molecular formula is C25H36N4O4S. The van der Waals surface area contributed by atoms with Gasteiger partial charge in [0, 0.05) is 24.5 Å². The van der Waals surface area contributed by atoms with E-state index in [0.717, 1.165) is 42.2 Å². The summed E-state index contributed by atoms with van der Waals surface area (Å²) in [5.74, 6) is -0.817. The van der Waals surface area contributed by atoms with Gasteiger partial charge in [-0.3, -0.25) is 13.9 Å². The van der Waals surface area contributed by atoms with Crippen molar-refractivity contribution >= 4 is 21.8 Å². The van der Waals surface area contributed by atoms with E-state index in [0.29, 0.717) is 6.04 Å². The maximum absolute atomic E-state index is 13.2. The molecule has 0 unspecified atom stereocenters. The maximum Gasteiger partial charge on any atom is 0.264 e. The van der Waals surface area contributed by atoms with Crippen LogP contribution in [0.2, 0.25) is 0 Å². The van der Waals surface area contributed by atoms with Gasteiger partial charge < -0.3 is 15.5 Å². The van der Waals surface area contributed by atoms with Gasteiger partial charge in [-0.25, -0.2) is 8.42 Å². The maximum atomic E-state index is 13.2. The minimum atomic E-state index is -3.98. The van der Waals surface area contributed by atoms with Crippen molar-refractivity contribution in [1.82, 2.24) is 19.8 Å². The molecule has 1 aromatic carbocycles. The van der Waals surface area contributed by atoms with Crippen LogP contribution in [-0.2, 0) is 19.6 Å². The first-order chi connectivity index (χ1) is 16.1. The molecule has 1 aliphatic carbocycles. The minimum Gasteiger partial charge on any atom is -0.353 e. The van der Waals surface area contributed by atoms with Gasteiger partial charge >= 0.3 is 0 Å². The molecule has 0 radical (unpaired) electrons. The van der Waals surface area contributed by atoms with Crippen molar-refractivity contribution in [2.45, 2.75) is 82.3 Å². The monoisotopic (exact) mass is 488 g/mol. The first-order valence-corrected chi connectivity index (χ1v) is 13.6. The van der Waals surface area contributed by atoms with Crippen molar-refractivity contribution in [3.8, 4) is 0 Å². The summed E-state index contributed by atoms with van der Waals surface area (Å²) in [6.45, 7) is 8.56. The van der Waals surface area contributed by atoms with Gasteiger partial charge in [0.25, 0.3) is 10.0 Å². The number of sulfonamides is 1. The summed E-state index contributed by atoms with van der Waals surface area (Å²) in [4.78, 5) is 28.3. The second-order valence-electron chi connectivity index (χ2n) is 10.5. The zero-order valence-corrected chi connectivity index (χ0v) is 21.1. The third-order valence-corrected chi connectivity index (χ3v) is 9.32. The number of carbonyl (C=O) groups is 2. The largest absolute Gasteiger partial charge is 0.353 e. The number of hydrogen-bond donors (Lipinski definition) is 2. The van der Waals surface area contributed by atoms with Crippen LogP contribution in [0.15, 0.2) is 41.6 Å². The van der Waals surface area contributed by atoms with E-state index in [2.05, 4.69) is 29.4 Å². The molecule has 186 valence electrons. The topological polar surface area (TPSA) is 98.8 Å². The van der Waals surface area contributed by atoms with Gasteiger partial charge in [-0.1, -0.05) is 31.5 Å². The van der Waals surface area contributed by atoms with Crippen LogP contribution in [0.3, 0.4) is 0 Å². The molecule has 0 bridgehead atoms. The molecule has 2 N–H and O–H groups in total. The number of carbonyl (C=O) groups excluding carboxylic acids is 2. The zero-order valence-electron chi connectivity index (χ0n) is 20.3. The molecular weight excluding hydrogens is 452 g/mol. The molecule has 4 rings (SSSR count). The first kappa shape index (κ1) is 24.7. The van der Waals surface area contributed by atoms with Crippen LogP contribution in [-0.4, -0.2) is 60.7 Å². The highest BCUT2D eigenvalue weighted by Gasteiger charge is 2.41. The second kappa shape index (κ2) is 9.70. The molecule has 3 atom stereocenters. The summed E-state index contributed by atoms with van der Waals surface area (Å²) < 4.78 is 27.5. The lowest BCUT2D eigenvalue weighted by Crippen LogP contribution is -2.55. The molecule has 34 heavy (non-hydrogen) atoms. The van der Waals surface area contributed by atoms with Gasteiger partial charge in [0.1, 0.15) is 6.04 Å². The van der Waals surface area contributed by atoms with E-state index in [1.54, 1.807) is 12.1 Å². The average molecular weight is 489 g/mol. The molecule has 9 heteroatoms. The molecule has 1 saturated heterocycles. The van der Waals surface area contributed by atoms with Crippen LogP contribution < -0.4 is 10.6 Å². The van der Waals surface area contributed by atoms with E-state index in [1.807, 2.05) is 6.92 Å². The van der Waals surface area contributed by atoms with Gasteiger partial charge in [0.15, 0.2) is 0 Å². The van der Waals surface area contributed by atoms with Gasteiger partial charge in [0.2, 0.25) is 11.8 Å². The third-order valence-electron chi connectivity index (χ3n) is 7.52. The third kappa shape index (κ3) is 5.15. The number of likely N-dealkylation sites (tertiary alicyclic amines) is 1. The predicted molar refractivity (Wildman–Crippen MR) is 130 cm³/mol. The van der Waals surface area contributed by atoms with Crippen LogP contribution in [0.1, 0.15) is 57.9 Å². The van der Waals surface area contributed by atoms with Gasteiger partial charge in [-0.2, -0.15) is 0 Å². The highest BCUT2D eigenvalue weighted by atomic mass is 32.2. The van der Waals surface area contributed by atoms with Crippen molar-refractivity contribution in [3.63, 3.8) is 0 Å². The minimum absolute atomic E-state index is 0.0109. The van der Waals surface area contributed by atoms with Crippen LogP contribution in [0.4, 0.5) is 0 Å². The van der Waals surface area contributed by atoms with E-state index in [1.165, 1.54) is 37.4 Å². The van der Waals surface area contributed by atoms with Crippen molar-refractivity contribution in [3.05, 3.63) is 42.2 Å². The summed E-state index contributed by atoms with van der Waals surface area (Å²) in [7, 11) is -3.98. The Morgan fingerprint density at radius 1 is 1.15 bits per heavy atom. The lowest BCUT2D eigenvalue weighted by molar-refractivity contribution is -0.130. The summed E-state index contributed by atoms with van der Waals surface area (Å²) in [6, 6.07) is 5.86. The highest BCUT2D eigenvalue weighted by molar-refractivity contribution is 7.89. The van der Waals surface area contributed by atoms with Crippen molar-refractivity contribution in [2.24, 2.45) is 5.41 Å². The quantitative estimate of drug-likeness (QED) is 0.641.